The zero-order valence-corrected chi connectivity index (χ0v) is 11.2. The summed E-state index contributed by atoms with van der Waals surface area (Å²) in [5.41, 5.74) is 0.699. The van der Waals surface area contributed by atoms with Gasteiger partial charge in [0.1, 0.15) is 11.4 Å². The molecule has 0 radical (unpaired) electrons. The number of carbonyl (C=O) groups excluding carboxylic acids is 1. The fourth-order valence-corrected chi connectivity index (χ4v) is 1.26. The number of amides is 1. The number of aryl methyl sites for hydroxylation is 1. The molecule has 0 saturated heterocycles. The number of carbonyl (C=O) groups is 1. The van der Waals surface area contributed by atoms with Gasteiger partial charge in [-0.05, 0) is 18.6 Å². The zero-order valence-electron chi connectivity index (χ0n) is 11.2. The molecule has 1 aromatic rings. The van der Waals surface area contributed by atoms with Crippen molar-refractivity contribution in [2.75, 3.05) is 20.8 Å². The Morgan fingerprint density at radius 2 is 2.16 bits per heavy atom. The Kier molecular flexibility index (Phi) is 4.77. The number of hydroxylamine groups is 2. The van der Waals surface area contributed by atoms with Crippen LogP contribution in [0.25, 0.3) is 0 Å². The predicted octanol–water partition coefficient (Wildman–Crippen LogP) is 2.06. The van der Waals surface area contributed by atoms with Gasteiger partial charge in [0, 0.05) is 14.0 Å². The first-order chi connectivity index (χ1) is 8.74. The average Bonchev–Trinajstić information content (AvgIpc) is 2.34. The Morgan fingerprint density at radius 3 is 2.63 bits per heavy atom. The van der Waals surface area contributed by atoms with Crippen LogP contribution in [-0.4, -0.2) is 42.6 Å². The summed E-state index contributed by atoms with van der Waals surface area (Å²) in [4.78, 5) is 20.3. The first kappa shape index (κ1) is 15.3. The van der Waals surface area contributed by atoms with Crippen LogP contribution in [0.15, 0.2) is 12.3 Å². The Bertz CT molecular complexity index is 461. The normalized spacial score (nSPS) is 11.3. The molecule has 0 aromatic carbocycles. The van der Waals surface area contributed by atoms with E-state index in [2.05, 4.69) is 4.98 Å². The van der Waals surface area contributed by atoms with Gasteiger partial charge in [0.15, 0.2) is 6.61 Å². The minimum Gasteiger partial charge on any atom is -0.485 e. The molecule has 19 heavy (non-hydrogen) atoms. The van der Waals surface area contributed by atoms with E-state index in [1.165, 1.54) is 26.4 Å². The molecule has 0 atom stereocenters. The molecule has 0 aliphatic rings. The quantitative estimate of drug-likeness (QED) is 0.771. The smallest absolute Gasteiger partial charge is 0.295 e. The highest BCUT2D eigenvalue weighted by atomic mass is 19.3. The van der Waals surface area contributed by atoms with Crippen molar-refractivity contribution in [1.29, 1.82) is 0 Å². The van der Waals surface area contributed by atoms with E-state index < -0.39 is 18.4 Å². The monoisotopic (exact) mass is 274 g/mol. The van der Waals surface area contributed by atoms with Crippen LogP contribution in [0, 0.1) is 6.92 Å². The van der Waals surface area contributed by atoms with Crippen LogP contribution >= 0.6 is 0 Å². The van der Waals surface area contributed by atoms with Crippen molar-refractivity contribution in [3.8, 4) is 5.75 Å². The van der Waals surface area contributed by atoms with Gasteiger partial charge in [-0.1, -0.05) is 0 Å². The molecule has 1 heterocycles. The first-order valence-electron chi connectivity index (χ1n) is 5.54. The van der Waals surface area contributed by atoms with E-state index in [0.717, 1.165) is 12.0 Å². The first-order valence-corrected chi connectivity index (χ1v) is 5.54. The van der Waals surface area contributed by atoms with Crippen molar-refractivity contribution >= 4 is 5.91 Å². The maximum atomic E-state index is 12.7. The number of ether oxygens (including phenoxy) is 1. The van der Waals surface area contributed by atoms with Crippen molar-refractivity contribution < 1.29 is 23.1 Å². The molecule has 1 rings (SSSR count). The SMILES string of the molecule is CON(C)C(=O)c1cc(C)c(OCC(C)(F)F)cn1. The Morgan fingerprint density at radius 1 is 1.53 bits per heavy atom. The van der Waals surface area contributed by atoms with Gasteiger partial charge in [0.25, 0.3) is 11.8 Å². The average molecular weight is 274 g/mol. The van der Waals surface area contributed by atoms with E-state index in [4.69, 9.17) is 9.57 Å². The topological polar surface area (TPSA) is 51.7 Å². The Hall–Kier alpha value is -1.76. The fourth-order valence-electron chi connectivity index (χ4n) is 1.26. The maximum absolute atomic E-state index is 12.7. The molecule has 0 N–H and O–H groups in total. The molecule has 1 amide bonds. The minimum atomic E-state index is -2.92. The highest BCUT2D eigenvalue weighted by Gasteiger charge is 2.23. The molecule has 0 aliphatic carbocycles. The molecule has 5 nitrogen and oxygen atoms in total. The van der Waals surface area contributed by atoms with E-state index in [1.807, 2.05) is 0 Å². The van der Waals surface area contributed by atoms with Crippen LogP contribution in [0.5, 0.6) is 5.75 Å². The van der Waals surface area contributed by atoms with Crippen LogP contribution in [0.2, 0.25) is 0 Å². The maximum Gasteiger partial charge on any atom is 0.295 e. The van der Waals surface area contributed by atoms with E-state index in [-0.39, 0.29) is 11.4 Å². The second kappa shape index (κ2) is 5.92. The Labute approximate surface area is 110 Å². The van der Waals surface area contributed by atoms with Crippen LogP contribution in [0.3, 0.4) is 0 Å². The van der Waals surface area contributed by atoms with Crippen molar-refractivity contribution in [3.05, 3.63) is 23.5 Å². The minimum absolute atomic E-state index is 0.150. The summed E-state index contributed by atoms with van der Waals surface area (Å²) in [5, 5.41) is 1.02. The summed E-state index contributed by atoms with van der Waals surface area (Å²) in [7, 11) is 2.80. The largest absolute Gasteiger partial charge is 0.485 e. The number of pyridine rings is 1. The molecule has 0 fully saturated rings. The number of rotatable bonds is 5. The number of nitrogens with zero attached hydrogens (tertiary/aromatic N) is 2. The third-order valence-electron chi connectivity index (χ3n) is 2.32. The van der Waals surface area contributed by atoms with Crippen LogP contribution in [0.4, 0.5) is 8.78 Å². The van der Waals surface area contributed by atoms with Crippen molar-refractivity contribution in [2.45, 2.75) is 19.8 Å². The van der Waals surface area contributed by atoms with Gasteiger partial charge < -0.3 is 4.74 Å². The molecule has 1 aromatic heterocycles. The van der Waals surface area contributed by atoms with Gasteiger partial charge in [0.05, 0.1) is 13.3 Å². The summed E-state index contributed by atoms with van der Waals surface area (Å²) in [6.45, 7) is 1.68. The molecule has 106 valence electrons. The van der Waals surface area contributed by atoms with Crippen LogP contribution in [-0.2, 0) is 4.84 Å². The second-order valence-corrected chi connectivity index (χ2v) is 4.18. The third-order valence-corrected chi connectivity index (χ3v) is 2.32. The van der Waals surface area contributed by atoms with E-state index >= 15 is 0 Å². The lowest BCUT2D eigenvalue weighted by Crippen LogP contribution is -2.26. The van der Waals surface area contributed by atoms with Gasteiger partial charge in [-0.3, -0.25) is 9.63 Å². The van der Waals surface area contributed by atoms with Crippen molar-refractivity contribution in [1.82, 2.24) is 10.0 Å². The van der Waals surface area contributed by atoms with Crippen molar-refractivity contribution in [2.24, 2.45) is 0 Å². The Balaban J connectivity index is 2.83. The highest BCUT2D eigenvalue weighted by Crippen LogP contribution is 2.20. The highest BCUT2D eigenvalue weighted by molar-refractivity contribution is 5.91. The van der Waals surface area contributed by atoms with Crippen LogP contribution in [0.1, 0.15) is 23.0 Å². The standard InChI is InChI=1S/C12H16F2N2O3/c1-8-5-9(11(17)16(3)18-4)15-6-10(8)19-7-12(2,13)14/h5-6H,7H2,1-4H3. The lowest BCUT2D eigenvalue weighted by Gasteiger charge is -2.15. The van der Waals surface area contributed by atoms with Crippen LogP contribution < -0.4 is 4.74 Å². The molecular weight excluding hydrogens is 258 g/mol. The second-order valence-electron chi connectivity index (χ2n) is 4.18. The summed E-state index contributed by atoms with van der Waals surface area (Å²) >= 11 is 0. The predicted molar refractivity (Wildman–Crippen MR) is 64.2 cm³/mol. The lowest BCUT2D eigenvalue weighted by molar-refractivity contribution is -0.0760. The van der Waals surface area contributed by atoms with Gasteiger partial charge in [-0.2, -0.15) is 0 Å². The molecule has 0 aliphatic heterocycles. The van der Waals surface area contributed by atoms with Crippen molar-refractivity contribution in [3.63, 3.8) is 0 Å². The number of hydrogen-bond acceptors (Lipinski definition) is 4. The lowest BCUT2D eigenvalue weighted by atomic mass is 10.2. The zero-order chi connectivity index (χ0) is 14.6. The van der Waals surface area contributed by atoms with Gasteiger partial charge in [-0.15, -0.1) is 0 Å². The van der Waals surface area contributed by atoms with Gasteiger partial charge in [0.2, 0.25) is 0 Å². The van der Waals surface area contributed by atoms with Gasteiger partial charge >= 0.3 is 0 Å². The molecule has 0 unspecified atom stereocenters. The number of halogens is 2. The van der Waals surface area contributed by atoms with E-state index in [1.54, 1.807) is 6.92 Å². The van der Waals surface area contributed by atoms with Gasteiger partial charge in [-0.25, -0.2) is 18.8 Å². The molecule has 0 bridgehead atoms. The molecule has 0 saturated carbocycles. The summed E-state index contributed by atoms with van der Waals surface area (Å²) in [6, 6.07) is 1.46. The fraction of sp³-hybridized carbons (Fsp3) is 0.500. The molecule has 7 heteroatoms. The summed E-state index contributed by atoms with van der Waals surface area (Å²) in [6.07, 6.45) is 1.25. The molecule has 0 spiro atoms. The molecular formula is C12H16F2N2O3. The number of aromatic nitrogens is 1. The van der Waals surface area contributed by atoms with E-state index in [9.17, 15) is 13.6 Å². The third kappa shape index (κ3) is 4.44. The number of hydrogen-bond donors (Lipinski definition) is 0. The summed E-state index contributed by atoms with van der Waals surface area (Å²) < 4.78 is 30.3. The summed E-state index contributed by atoms with van der Waals surface area (Å²) in [5.74, 6) is -3.13. The van der Waals surface area contributed by atoms with E-state index in [0.29, 0.717) is 5.56 Å². The number of alkyl halides is 2.